The number of methoxy groups -OCH3 is 1. The Kier molecular flexibility index (Phi) is 7.58. The number of rotatable bonds is 8. The lowest BCUT2D eigenvalue weighted by atomic mass is 9.92. The number of fused-ring (bicyclic) bond motifs is 3. The lowest BCUT2D eigenvalue weighted by Crippen LogP contribution is -2.42. The van der Waals surface area contributed by atoms with Crippen LogP contribution in [0.3, 0.4) is 0 Å². The van der Waals surface area contributed by atoms with Gasteiger partial charge >= 0.3 is 6.09 Å². The van der Waals surface area contributed by atoms with Crippen LogP contribution in [0.15, 0.2) is 79.1 Å². The van der Waals surface area contributed by atoms with Gasteiger partial charge in [-0.2, -0.15) is 0 Å². The van der Waals surface area contributed by atoms with E-state index in [2.05, 4.69) is 56.1 Å². The van der Waals surface area contributed by atoms with Gasteiger partial charge in [-0.25, -0.2) is 4.79 Å². The van der Waals surface area contributed by atoms with Crippen molar-refractivity contribution < 1.29 is 19.0 Å². The number of aromatic amines is 1. The van der Waals surface area contributed by atoms with E-state index >= 15 is 0 Å². The summed E-state index contributed by atoms with van der Waals surface area (Å²) in [6.45, 7) is 1.73. The minimum atomic E-state index is -0.400. The summed E-state index contributed by atoms with van der Waals surface area (Å²) in [6.07, 6.45) is 4.58. The zero-order chi connectivity index (χ0) is 27.5. The lowest BCUT2D eigenvalue weighted by molar-refractivity contribution is 0.135. The summed E-state index contributed by atoms with van der Waals surface area (Å²) < 4.78 is 20.5. The van der Waals surface area contributed by atoms with Crippen molar-refractivity contribution in [2.45, 2.75) is 25.4 Å². The molecule has 10 heteroatoms. The standard InChI is InChI=1S/C30H28IN5O4/c1-38-27-18-20(8-11-26(27)39-17-5-14-35-16-13-32-34-35)29-28-23(24-19-21(31)9-10-25(24)33-28)12-15-36(29)30(37)40-22-6-3-2-4-7-22/h2-4,6-11,13,16,18-19,29,33H,5,12,14-15,17H2,1H3. The molecular weight excluding hydrogens is 621 g/mol. The van der Waals surface area contributed by atoms with E-state index in [4.69, 9.17) is 14.2 Å². The maximum atomic E-state index is 13.5. The van der Waals surface area contributed by atoms with Crippen molar-refractivity contribution in [2.75, 3.05) is 20.3 Å². The van der Waals surface area contributed by atoms with Crippen molar-refractivity contribution in [3.05, 3.63) is 99.5 Å². The van der Waals surface area contributed by atoms with Crippen LogP contribution in [-0.4, -0.2) is 51.2 Å². The number of hydrogen-bond donors (Lipinski definition) is 1. The molecule has 0 saturated carbocycles. The fourth-order valence-corrected chi connectivity index (χ4v) is 5.68. The number of nitrogens with one attached hydrogen (secondary N) is 1. The van der Waals surface area contributed by atoms with Gasteiger partial charge in [0.2, 0.25) is 0 Å². The predicted molar refractivity (Wildman–Crippen MR) is 159 cm³/mol. The Morgan fingerprint density at radius 1 is 1.10 bits per heavy atom. The molecule has 1 unspecified atom stereocenters. The number of halogens is 1. The summed E-state index contributed by atoms with van der Waals surface area (Å²) in [5, 5.41) is 9.00. The molecule has 6 rings (SSSR count). The van der Waals surface area contributed by atoms with E-state index in [0.29, 0.717) is 36.9 Å². The number of aromatic nitrogens is 4. The summed E-state index contributed by atoms with van der Waals surface area (Å²) in [4.78, 5) is 18.9. The first-order valence-corrected chi connectivity index (χ1v) is 14.2. The van der Waals surface area contributed by atoms with Crippen LogP contribution in [0.4, 0.5) is 4.79 Å². The highest BCUT2D eigenvalue weighted by Crippen LogP contribution is 2.41. The molecule has 1 N–H and O–H groups in total. The fraction of sp³-hybridized carbons (Fsp3) is 0.233. The number of nitrogens with zero attached hydrogens (tertiary/aromatic N) is 4. The van der Waals surface area contributed by atoms with Gasteiger partial charge in [-0.05, 0) is 82.6 Å². The highest BCUT2D eigenvalue weighted by atomic mass is 127. The van der Waals surface area contributed by atoms with Crippen molar-refractivity contribution in [3.8, 4) is 17.2 Å². The first kappa shape index (κ1) is 26.2. The van der Waals surface area contributed by atoms with Gasteiger partial charge in [0.1, 0.15) is 11.8 Å². The van der Waals surface area contributed by atoms with E-state index in [0.717, 1.165) is 29.6 Å². The molecule has 204 valence electrons. The van der Waals surface area contributed by atoms with E-state index in [-0.39, 0.29) is 6.04 Å². The molecule has 1 aliphatic rings. The van der Waals surface area contributed by atoms with Crippen LogP contribution in [0.25, 0.3) is 10.9 Å². The molecular formula is C30H28IN5O4. The third-order valence-electron chi connectivity index (χ3n) is 7.04. The molecule has 0 radical (unpaired) electrons. The number of hydrogen-bond acceptors (Lipinski definition) is 6. The Balaban J connectivity index is 1.32. The van der Waals surface area contributed by atoms with Crippen LogP contribution in [-0.2, 0) is 13.0 Å². The van der Waals surface area contributed by atoms with Crippen LogP contribution >= 0.6 is 22.6 Å². The average Bonchev–Trinajstić information content (AvgIpc) is 3.63. The number of H-pyrrole nitrogens is 1. The molecule has 0 saturated heterocycles. The molecule has 9 nitrogen and oxygen atoms in total. The monoisotopic (exact) mass is 649 g/mol. The molecule has 0 spiro atoms. The quantitative estimate of drug-likeness (QED) is 0.164. The molecule has 0 aliphatic carbocycles. The smallest absolute Gasteiger partial charge is 0.416 e. The fourth-order valence-electron chi connectivity index (χ4n) is 5.19. The van der Waals surface area contributed by atoms with Crippen molar-refractivity contribution in [1.82, 2.24) is 24.9 Å². The van der Waals surface area contributed by atoms with Crippen molar-refractivity contribution in [1.29, 1.82) is 0 Å². The van der Waals surface area contributed by atoms with Gasteiger partial charge in [0, 0.05) is 45.9 Å². The lowest BCUT2D eigenvalue weighted by Gasteiger charge is -2.35. The van der Waals surface area contributed by atoms with Crippen LogP contribution in [0.1, 0.15) is 29.3 Å². The number of carbonyl (C=O) groups is 1. The van der Waals surface area contributed by atoms with Crippen LogP contribution in [0.2, 0.25) is 0 Å². The van der Waals surface area contributed by atoms with E-state index in [1.165, 1.54) is 14.5 Å². The molecule has 2 aromatic heterocycles. The molecule has 0 bridgehead atoms. The highest BCUT2D eigenvalue weighted by molar-refractivity contribution is 14.1. The van der Waals surface area contributed by atoms with Gasteiger partial charge in [-0.3, -0.25) is 9.58 Å². The Bertz CT molecular complexity index is 1620. The highest BCUT2D eigenvalue weighted by Gasteiger charge is 2.36. The molecule has 3 heterocycles. The third-order valence-corrected chi connectivity index (χ3v) is 7.71. The summed E-state index contributed by atoms with van der Waals surface area (Å²) >= 11 is 2.34. The van der Waals surface area contributed by atoms with Gasteiger partial charge in [-0.15, -0.1) is 5.10 Å². The zero-order valence-corrected chi connectivity index (χ0v) is 24.1. The largest absolute Gasteiger partial charge is 0.493 e. The van der Waals surface area contributed by atoms with Gasteiger partial charge in [0.05, 0.1) is 19.9 Å². The zero-order valence-electron chi connectivity index (χ0n) is 21.9. The second-order valence-corrected chi connectivity index (χ2v) is 10.8. The minimum absolute atomic E-state index is 0.389. The summed E-state index contributed by atoms with van der Waals surface area (Å²) in [6, 6.07) is 21.0. The molecule has 1 atom stereocenters. The number of aryl methyl sites for hydroxylation is 1. The maximum absolute atomic E-state index is 13.5. The van der Waals surface area contributed by atoms with Crippen molar-refractivity contribution in [2.24, 2.45) is 0 Å². The minimum Gasteiger partial charge on any atom is -0.493 e. The normalized spacial score (nSPS) is 14.7. The molecule has 0 fully saturated rings. The summed E-state index contributed by atoms with van der Waals surface area (Å²) in [7, 11) is 1.62. The van der Waals surface area contributed by atoms with Crippen molar-refractivity contribution >= 4 is 39.6 Å². The third kappa shape index (κ3) is 5.35. The molecule has 5 aromatic rings. The van der Waals surface area contributed by atoms with Gasteiger partial charge < -0.3 is 19.2 Å². The van der Waals surface area contributed by atoms with Crippen LogP contribution in [0.5, 0.6) is 17.2 Å². The van der Waals surface area contributed by atoms with Gasteiger partial charge in [0.25, 0.3) is 0 Å². The molecule has 3 aromatic carbocycles. The van der Waals surface area contributed by atoms with Crippen LogP contribution in [0, 0.1) is 3.57 Å². The predicted octanol–water partition coefficient (Wildman–Crippen LogP) is 5.99. The second-order valence-electron chi connectivity index (χ2n) is 9.51. The van der Waals surface area contributed by atoms with Crippen molar-refractivity contribution in [3.63, 3.8) is 0 Å². The number of benzene rings is 3. The molecule has 1 aliphatic heterocycles. The van der Waals surface area contributed by atoms with E-state index in [1.807, 2.05) is 42.6 Å². The summed E-state index contributed by atoms with van der Waals surface area (Å²) in [5.74, 6) is 1.76. The summed E-state index contributed by atoms with van der Waals surface area (Å²) in [5.41, 5.74) is 4.15. The SMILES string of the molecule is COc1cc(C2c3[nH]c4ccc(I)cc4c3CCN2C(=O)Oc2ccccc2)ccc1OCCCn1ccnn1. The van der Waals surface area contributed by atoms with E-state index < -0.39 is 6.09 Å². The first-order valence-electron chi connectivity index (χ1n) is 13.1. The first-order chi connectivity index (χ1) is 19.6. The Morgan fingerprint density at radius 2 is 1.98 bits per heavy atom. The number of para-hydroxylation sites is 1. The Labute approximate surface area is 245 Å². The average molecular weight is 649 g/mol. The van der Waals surface area contributed by atoms with Crippen LogP contribution < -0.4 is 14.2 Å². The number of carbonyl (C=O) groups excluding carboxylic acids is 1. The molecule has 40 heavy (non-hydrogen) atoms. The second kappa shape index (κ2) is 11.6. The number of ether oxygens (including phenoxy) is 3. The number of amides is 1. The molecule has 1 amide bonds. The topological polar surface area (TPSA) is 94.5 Å². The van der Waals surface area contributed by atoms with Gasteiger partial charge in [-0.1, -0.05) is 29.5 Å². The van der Waals surface area contributed by atoms with E-state index in [9.17, 15) is 4.79 Å². The van der Waals surface area contributed by atoms with Gasteiger partial charge in [0.15, 0.2) is 11.5 Å². The van der Waals surface area contributed by atoms with E-state index in [1.54, 1.807) is 35.0 Å². The maximum Gasteiger partial charge on any atom is 0.416 e. The Hall–Kier alpha value is -4.06. The Morgan fingerprint density at radius 3 is 2.77 bits per heavy atom.